The van der Waals surface area contributed by atoms with Gasteiger partial charge in [0.15, 0.2) is 5.96 Å². The molecule has 0 bridgehead atoms. The monoisotopic (exact) mass is 413 g/mol. The van der Waals surface area contributed by atoms with Crippen LogP contribution in [-0.4, -0.2) is 75.7 Å². The summed E-state index contributed by atoms with van der Waals surface area (Å²) in [6, 6.07) is 5.59. The molecule has 0 radical (unpaired) electrons. The highest BCUT2D eigenvalue weighted by atomic mass is 19.4. The Kier molecular flexibility index (Phi) is 9.23. The zero-order valence-corrected chi connectivity index (χ0v) is 17.7. The van der Waals surface area contributed by atoms with Gasteiger partial charge in [-0.2, -0.15) is 13.2 Å². The molecule has 1 saturated heterocycles. The van der Waals surface area contributed by atoms with Crippen molar-refractivity contribution in [2.24, 2.45) is 4.99 Å². The minimum Gasteiger partial charge on any atom is -0.356 e. The fourth-order valence-corrected chi connectivity index (χ4v) is 3.47. The first-order chi connectivity index (χ1) is 13.8. The molecule has 1 heterocycles. The molecule has 1 aliphatic heterocycles. The average Bonchev–Trinajstić information content (AvgIpc) is 2.90. The number of likely N-dealkylation sites (N-methyl/N-ethyl adjacent to an activating group) is 1. The van der Waals surface area contributed by atoms with E-state index in [1.165, 1.54) is 18.6 Å². The van der Waals surface area contributed by atoms with Crippen LogP contribution in [0.15, 0.2) is 29.3 Å². The summed E-state index contributed by atoms with van der Waals surface area (Å²) in [5.74, 6) is 0.755. The third kappa shape index (κ3) is 8.22. The van der Waals surface area contributed by atoms with Crippen molar-refractivity contribution in [3.8, 4) is 0 Å². The van der Waals surface area contributed by atoms with Crippen molar-refractivity contribution in [3.05, 3.63) is 35.4 Å². The van der Waals surface area contributed by atoms with Crippen LogP contribution < -0.4 is 10.6 Å². The number of guanidine groups is 1. The maximum atomic E-state index is 12.9. The largest absolute Gasteiger partial charge is 0.416 e. The topological polar surface area (TPSA) is 42.9 Å². The Morgan fingerprint density at radius 1 is 1.14 bits per heavy atom. The molecule has 5 nitrogen and oxygen atoms in total. The van der Waals surface area contributed by atoms with Crippen molar-refractivity contribution >= 4 is 5.96 Å². The van der Waals surface area contributed by atoms with Gasteiger partial charge in [0.2, 0.25) is 0 Å². The molecule has 0 aliphatic carbocycles. The van der Waals surface area contributed by atoms with Crippen LogP contribution in [0.4, 0.5) is 13.2 Å². The summed E-state index contributed by atoms with van der Waals surface area (Å²) in [6.45, 7) is 8.82. The quantitative estimate of drug-likeness (QED) is 0.533. The van der Waals surface area contributed by atoms with E-state index < -0.39 is 11.7 Å². The van der Waals surface area contributed by atoms with E-state index in [2.05, 4.69) is 32.5 Å². The molecule has 1 aromatic rings. The Morgan fingerprint density at radius 3 is 2.62 bits per heavy atom. The van der Waals surface area contributed by atoms with Crippen LogP contribution in [0.5, 0.6) is 0 Å². The standard InChI is InChI=1S/C21H34F3N5/c1-17(18-6-4-7-19(16-18)21(22,23)24)8-9-26-20(25-2)27-10-13-29-12-5-11-28(3)14-15-29/h4,6-7,16-17H,5,8-15H2,1-3H3,(H2,25,26,27). The molecule has 1 aliphatic rings. The predicted octanol–water partition coefficient (Wildman–Crippen LogP) is 3.00. The minimum absolute atomic E-state index is 0.0250. The molecule has 0 spiro atoms. The highest BCUT2D eigenvalue weighted by Gasteiger charge is 2.30. The van der Waals surface area contributed by atoms with Gasteiger partial charge in [-0.3, -0.25) is 4.99 Å². The second-order valence-corrected chi connectivity index (χ2v) is 7.74. The second-order valence-electron chi connectivity index (χ2n) is 7.74. The Bertz CT molecular complexity index is 647. The van der Waals surface area contributed by atoms with Gasteiger partial charge in [-0.15, -0.1) is 0 Å². The Hall–Kier alpha value is -1.80. The molecule has 0 aromatic heterocycles. The molecular weight excluding hydrogens is 379 g/mol. The van der Waals surface area contributed by atoms with Crippen LogP contribution in [0.1, 0.15) is 36.8 Å². The maximum absolute atomic E-state index is 12.9. The van der Waals surface area contributed by atoms with Crippen molar-refractivity contribution in [1.82, 2.24) is 20.4 Å². The number of alkyl halides is 3. The molecule has 1 unspecified atom stereocenters. The van der Waals surface area contributed by atoms with E-state index >= 15 is 0 Å². The van der Waals surface area contributed by atoms with Gasteiger partial charge >= 0.3 is 6.18 Å². The van der Waals surface area contributed by atoms with Crippen molar-refractivity contribution in [2.45, 2.75) is 31.9 Å². The summed E-state index contributed by atoms with van der Waals surface area (Å²) in [7, 11) is 3.89. The fraction of sp³-hybridized carbons (Fsp3) is 0.667. The van der Waals surface area contributed by atoms with Gasteiger partial charge in [-0.25, -0.2) is 0 Å². The summed E-state index contributed by atoms with van der Waals surface area (Å²) in [5, 5.41) is 6.59. The molecule has 2 N–H and O–H groups in total. The Labute approximate surface area is 172 Å². The van der Waals surface area contributed by atoms with E-state index in [1.54, 1.807) is 13.1 Å². The van der Waals surface area contributed by atoms with Crippen molar-refractivity contribution < 1.29 is 13.2 Å². The number of nitrogens with one attached hydrogen (secondary N) is 2. The van der Waals surface area contributed by atoms with Crippen LogP contribution in [0, 0.1) is 0 Å². The first-order valence-corrected chi connectivity index (χ1v) is 10.3. The first-order valence-electron chi connectivity index (χ1n) is 10.3. The van der Waals surface area contributed by atoms with Gasteiger partial charge in [0, 0.05) is 39.8 Å². The van der Waals surface area contributed by atoms with Gasteiger partial charge in [0.25, 0.3) is 0 Å². The van der Waals surface area contributed by atoms with Gasteiger partial charge in [0.1, 0.15) is 0 Å². The molecule has 164 valence electrons. The van der Waals surface area contributed by atoms with Crippen LogP contribution in [-0.2, 0) is 6.18 Å². The summed E-state index contributed by atoms with van der Waals surface area (Å²) < 4.78 is 38.7. The van der Waals surface area contributed by atoms with Crippen LogP contribution in [0.2, 0.25) is 0 Å². The first kappa shape index (κ1) is 23.5. The van der Waals surface area contributed by atoms with Gasteiger partial charge < -0.3 is 20.4 Å². The summed E-state index contributed by atoms with van der Waals surface area (Å²) in [5.41, 5.74) is 0.114. The number of rotatable bonds is 7. The number of hydrogen-bond donors (Lipinski definition) is 2. The van der Waals surface area contributed by atoms with E-state index in [4.69, 9.17) is 0 Å². The van der Waals surface area contributed by atoms with E-state index in [0.717, 1.165) is 57.7 Å². The fourth-order valence-electron chi connectivity index (χ4n) is 3.47. The van der Waals surface area contributed by atoms with Gasteiger partial charge in [0.05, 0.1) is 5.56 Å². The SMILES string of the molecule is CN=C(NCCC(C)c1cccc(C(F)(F)F)c1)NCCN1CCCN(C)CC1. The van der Waals surface area contributed by atoms with E-state index in [-0.39, 0.29) is 5.92 Å². The predicted molar refractivity (Wildman–Crippen MR) is 112 cm³/mol. The van der Waals surface area contributed by atoms with Crippen LogP contribution in [0.25, 0.3) is 0 Å². The third-order valence-electron chi connectivity index (χ3n) is 5.41. The lowest BCUT2D eigenvalue weighted by molar-refractivity contribution is -0.137. The van der Waals surface area contributed by atoms with Crippen LogP contribution >= 0.6 is 0 Å². The smallest absolute Gasteiger partial charge is 0.356 e. The Morgan fingerprint density at radius 2 is 1.90 bits per heavy atom. The van der Waals surface area contributed by atoms with Crippen molar-refractivity contribution in [1.29, 1.82) is 0 Å². The van der Waals surface area contributed by atoms with E-state index in [9.17, 15) is 13.2 Å². The van der Waals surface area contributed by atoms with Crippen molar-refractivity contribution in [3.63, 3.8) is 0 Å². The number of aliphatic imine (C=N–C) groups is 1. The number of benzene rings is 1. The Balaban J connectivity index is 1.71. The molecule has 0 amide bonds. The molecule has 29 heavy (non-hydrogen) atoms. The normalized spacial score (nSPS) is 18.3. The number of nitrogens with zero attached hydrogens (tertiary/aromatic N) is 3. The average molecular weight is 414 g/mol. The molecule has 0 saturated carbocycles. The lowest BCUT2D eigenvalue weighted by Gasteiger charge is -2.21. The second kappa shape index (κ2) is 11.4. The van der Waals surface area contributed by atoms with Crippen LogP contribution in [0.3, 0.4) is 0 Å². The zero-order valence-electron chi connectivity index (χ0n) is 17.7. The van der Waals surface area contributed by atoms with Gasteiger partial charge in [-0.05, 0) is 50.5 Å². The molecule has 1 aromatic carbocycles. The highest BCUT2D eigenvalue weighted by molar-refractivity contribution is 5.79. The number of halogens is 3. The zero-order chi connectivity index (χ0) is 21.3. The van der Waals surface area contributed by atoms with Crippen molar-refractivity contribution in [2.75, 3.05) is 59.9 Å². The maximum Gasteiger partial charge on any atom is 0.416 e. The lowest BCUT2D eigenvalue weighted by Crippen LogP contribution is -2.42. The van der Waals surface area contributed by atoms with E-state index in [0.29, 0.717) is 12.1 Å². The molecule has 8 heteroatoms. The third-order valence-corrected chi connectivity index (χ3v) is 5.41. The molecule has 1 fully saturated rings. The number of hydrogen-bond acceptors (Lipinski definition) is 3. The molecular formula is C21H34F3N5. The van der Waals surface area contributed by atoms with Gasteiger partial charge in [-0.1, -0.05) is 25.1 Å². The summed E-state index contributed by atoms with van der Waals surface area (Å²) in [4.78, 5) is 9.05. The summed E-state index contributed by atoms with van der Waals surface area (Å²) in [6.07, 6.45) is -2.39. The lowest BCUT2D eigenvalue weighted by atomic mass is 9.96. The summed E-state index contributed by atoms with van der Waals surface area (Å²) >= 11 is 0. The minimum atomic E-state index is -4.30. The van der Waals surface area contributed by atoms with E-state index in [1.807, 2.05) is 6.92 Å². The highest BCUT2D eigenvalue weighted by Crippen LogP contribution is 2.31. The molecule has 2 rings (SSSR count). The molecule has 1 atom stereocenters.